The maximum atomic E-state index is 10.8. The van der Waals surface area contributed by atoms with Crippen LogP contribution in [0.1, 0.15) is 31.3 Å². The zero-order valence-corrected chi connectivity index (χ0v) is 8.52. The second-order valence-electron chi connectivity index (χ2n) is 3.14. The van der Waals surface area contributed by atoms with Gasteiger partial charge in [-0.15, -0.1) is 0 Å². The van der Waals surface area contributed by atoms with E-state index in [1.54, 1.807) is 0 Å². The van der Waals surface area contributed by atoms with Crippen molar-refractivity contribution in [3.05, 3.63) is 11.9 Å². The number of carboxylic acids is 1. The molecule has 0 aliphatic carbocycles. The Morgan fingerprint density at radius 2 is 2.36 bits per heavy atom. The largest absolute Gasteiger partial charge is 0.477 e. The number of aromatic carboxylic acids is 1. The third kappa shape index (κ3) is 2.04. The molecule has 0 bridgehead atoms. The number of carboxylic acid groups (broad SMARTS) is 1. The van der Waals surface area contributed by atoms with Crippen molar-refractivity contribution in [2.75, 3.05) is 0 Å². The highest BCUT2D eigenvalue weighted by molar-refractivity contribution is 5.85. The third-order valence-electron chi connectivity index (χ3n) is 1.70. The molecule has 0 aliphatic heterocycles. The standard InChI is InChI=1S/C9H14N2O3/c1-4-11-7(8(12)13)5-10-9(11)14-6(2)3/h5-6H,4H2,1-3H3,(H,12,13). The summed E-state index contributed by atoms with van der Waals surface area (Å²) in [5, 5.41) is 8.83. The number of hydrogen-bond acceptors (Lipinski definition) is 3. The molecule has 5 heteroatoms. The highest BCUT2D eigenvalue weighted by Gasteiger charge is 2.15. The average molecular weight is 198 g/mol. The van der Waals surface area contributed by atoms with E-state index in [4.69, 9.17) is 9.84 Å². The van der Waals surface area contributed by atoms with Crippen LogP contribution >= 0.6 is 0 Å². The van der Waals surface area contributed by atoms with Crippen molar-refractivity contribution in [2.45, 2.75) is 33.4 Å². The number of carbonyl (C=O) groups is 1. The first-order chi connectivity index (χ1) is 6.56. The van der Waals surface area contributed by atoms with E-state index in [0.29, 0.717) is 12.6 Å². The van der Waals surface area contributed by atoms with Crippen LogP contribution in [0, 0.1) is 0 Å². The Labute approximate surface area is 82.3 Å². The predicted molar refractivity (Wildman–Crippen MR) is 50.6 cm³/mol. The van der Waals surface area contributed by atoms with E-state index >= 15 is 0 Å². The van der Waals surface area contributed by atoms with Gasteiger partial charge in [0.1, 0.15) is 5.69 Å². The summed E-state index contributed by atoms with van der Waals surface area (Å²) in [7, 11) is 0. The van der Waals surface area contributed by atoms with Crippen LogP contribution < -0.4 is 4.74 Å². The number of aromatic nitrogens is 2. The molecule has 0 fully saturated rings. The summed E-state index contributed by atoms with van der Waals surface area (Å²) in [6, 6.07) is 0.361. The molecule has 0 aliphatic rings. The maximum absolute atomic E-state index is 10.8. The van der Waals surface area contributed by atoms with Gasteiger partial charge in [0.25, 0.3) is 6.01 Å². The first-order valence-corrected chi connectivity index (χ1v) is 4.51. The lowest BCUT2D eigenvalue weighted by Crippen LogP contribution is -2.13. The number of hydrogen-bond donors (Lipinski definition) is 1. The van der Waals surface area contributed by atoms with Gasteiger partial charge in [-0.2, -0.15) is 0 Å². The van der Waals surface area contributed by atoms with Crippen molar-refractivity contribution in [1.29, 1.82) is 0 Å². The van der Waals surface area contributed by atoms with Gasteiger partial charge < -0.3 is 9.84 Å². The number of ether oxygens (including phenoxy) is 1. The fraction of sp³-hybridized carbons (Fsp3) is 0.556. The lowest BCUT2D eigenvalue weighted by molar-refractivity contribution is 0.0682. The summed E-state index contributed by atoms with van der Waals surface area (Å²) in [6.07, 6.45) is 1.30. The molecular weight excluding hydrogens is 184 g/mol. The molecule has 0 radical (unpaired) electrons. The van der Waals surface area contributed by atoms with E-state index in [-0.39, 0.29) is 11.8 Å². The monoisotopic (exact) mass is 198 g/mol. The average Bonchev–Trinajstić information content (AvgIpc) is 2.46. The van der Waals surface area contributed by atoms with Crippen molar-refractivity contribution in [3.8, 4) is 6.01 Å². The highest BCUT2D eigenvalue weighted by Crippen LogP contribution is 2.14. The highest BCUT2D eigenvalue weighted by atomic mass is 16.5. The van der Waals surface area contributed by atoms with Crippen LogP contribution in [0.4, 0.5) is 0 Å². The van der Waals surface area contributed by atoms with Crippen molar-refractivity contribution in [2.24, 2.45) is 0 Å². The normalized spacial score (nSPS) is 10.6. The van der Waals surface area contributed by atoms with Gasteiger partial charge >= 0.3 is 5.97 Å². The number of imidazole rings is 1. The molecule has 0 aromatic carbocycles. The molecule has 0 amide bonds. The first kappa shape index (κ1) is 10.6. The number of rotatable bonds is 4. The number of nitrogens with zero attached hydrogens (tertiary/aromatic N) is 2. The molecule has 14 heavy (non-hydrogen) atoms. The Morgan fingerprint density at radius 1 is 1.71 bits per heavy atom. The molecule has 78 valence electrons. The van der Waals surface area contributed by atoms with Crippen LogP contribution in [0.3, 0.4) is 0 Å². The smallest absolute Gasteiger partial charge is 0.354 e. The van der Waals surface area contributed by atoms with Gasteiger partial charge in [0, 0.05) is 6.54 Å². The first-order valence-electron chi connectivity index (χ1n) is 4.51. The van der Waals surface area contributed by atoms with Crippen molar-refractivity contribution >= 4 is 5.97 Å². The Hall–Kier alpha value is -1.52. The van der Waals surface area contributed by atoms with E-state index in [9.17, 15) is 4.79 Å². The summed E-state index contributed by atoms with van der Waals surface area (Å²) in [5.41, 5.74) is 0.156. The van der Waals surface area contributed by atoms with Crippen molar-refractivity contribution in [1.82, 2.24) is 9.55 Å². The molecular formula is C9H14N2O3. The minimum absolute atomic E-state index is 0.00987. The summed E-state index contributed by atoms with van der Waals surface area (Å²) in [6.45, 7) is 6.12. The van der Waals surface area contributed by atoms with E-state index in [0.717, 1.165) is 0 Å². The Kier molecular flexibility index (Phi) is 3.11. The molecule has 0 spiro atoms. The molecule has 1 aromatic rings. The topological polar surface area (TPSA) is 64.4 Å². The SMILES string of the molecule is CCn1c(C(=O)O)cnc1OC(C)C. The summed E-state index contributed by atoms with van der Waals surface area (Å²) in [4.78, 5) is 14.7. The molecule has 1 heterocycles. The molecule has 1 rings (SSSR count). The van der Waals surface area contributed by atoms with Crippen LogP contribution in [-0.4, -0.2) is 26.7 Å². The van der Waals surface area contributed by atoms with Gasteiger partial charge in [0.2, 0.25) is 0 Å². The lowest BCUT2D eigenvalue weighted by atomic mass is 10.4. The molecule has 0 saturated heterocycles. The van der Waals surface area contributed by atoms with Gasteiger partial charge in [-0.25, -0.2) is 9.78 Å². The summed E-state index contributed by atoms with van der Waals surface area (Å²) >= 11 is 0. The second kappa shape index (κ2) is 4.13. The Bertz CT molecular complexity index is 331. The minimum atomic E-state index is -0.988. The quantitative estimate of drug-likeness (QED) is 0.794. The summed E-state index contributed by atoms with van der Waals surface area (Å²) < 4.78 is 6.89. The zero-order chi connectivity index (χ0) is 10.7. The van der Waals surface area contributed by atoms with Gasteiger partial charge in [-0.3, -0.25) is 4.57 Å². The van der Waals surface area contributed by atoms with Crippen LogP contribution in [-0.2, 0) is 6.54 Å². The molecule has 0 unspecified atom stereocenters. The lowest BCUT2D eigenvalue weighted by Gasteiger charge is -2.10. The van der Waals surface area contributed by atoms with Gasteiger partial charge in [0.15, 0.2) is 0 Å². The predicted octanol–water partition coefficient (Wildman–Crippen LogP) is 1.39. The molecule has 1 aromatic heterocycles. The minimum Gasteiger partial charge on any atom is -0.477 e. The van der Waals surface area contributed by atoms with Crippen molar-refractivity contribution < 1.29 is 14.6 Å². The van der Waals surface area contributed by atoms with Crippen LogP contribution in [0.15, 0.2) is 6.20 Å². The molecule has 1 N–H and O–H groups in total. The fourth-order valence-corrected chi connectivity index (χ4v) is 1.14. The van der Waals surface area contributed by atoms with Gasteiger partial charge in [0.05, 0.1) is 12.3 Å². The van der Waals surface area contributed by atoms with Crippen LogP contribution in [0.5, 0.6) is 6.01 Å². The fourth-order valence-electron chi connectivity index (χ4n) is 1.14. The molecule has 0 saturated carbocycles. The molecule has 5 nitrogen and oxygen atoms in total. The van der Waals surface area contributed by atoms with E-state index in [1.165, 1.54) is 10.8 Å². The Balaban J connectivity index is 3.01. The van der Waals surface area contributed by atoms with E-state index in [2.05, 4.69) is 4.98 Å². The van der Waals surface area contributed by atoms with Gasteiger partial charge in [-0.1, -0.05) is 0 Å². The maximum Gasteiger partial charge on any atom is 0.354 e. The summed E-state index contributed by atoms with van der Waals surface area (Å²) in [5.74, 6) is -0.988. The van der Waals surface area contributed by atoms with Crippen LogP contribution in [0.2, 0.25) is 0 Å². The second-order valence-corrected chi connectivity index (χ2v) is 3.14. The van der Waals surface area contributed by atoms with E-state index < -0.39 is 5.97 Å². The van der Waals surface area contributed by atoms with E-state index in [1.807, 2.05) is 20.8 Å². The Morgan fingerprint density at radius 3 is 2.79 bits per heavy atom. The third-order valence-corrected chi connectivity index (χ3v) is 1.70. The van der Waals surface area contributed by atoms with Crippen molar-refractivity contribution in [3.63, 3.8) is 0 Å². The van der Waals surface area contributed by atoms with Crippen LogP contribution in [0.25, 0.3) is 0 Å². The zero-order valence-electron chi connectivity index (χ0n) is 8.52. The molecule has 0 atom stereocenters. The van der Waals surface area contributed by atoms with Gasteiger partial charge in [-0.05, 0) is 20.8 Å².